The quantitative estimate of drug-likeness (QED) is 0.874. The normalized spacial score (nSPS) is 18.6. The first-order valence-electron chi connectivity index (χ1n) is 7.71. The predicted octanol–water partition coefficient (Wildman–Crippen LogP) is 3.68. The van der Waals surface area contributed by atoms with Crippen molar-refractivity contribution in [3.8, 4) is 5.75 Å². The van der Waals surface area contributed by atoms with E-state index in [1.165, 1.54) is 43.5 Å². The Labute approximate surface area is 117 Å². The Morgan fingerprint density at radius 3 is 2.53 bits per heavy atom. The highest BCUT2D eigenvalue weighted by Gasteiger charge is 2.25. The van der Waals surface area contributed by atoms with Gasteiger partial charge in [-0.1, -0.05) is 26.0 Å². The third-order valence-corrected chi connectivity index (χ3v) is 4.30. The first kappa shape index (κ1) is 14.4. The maximum atomic E-state index is 10.2. The van der Waals surface area contributed by atoms with Crippen molar-refractivity contribution in [2.24, 2.45) is 0 Å². The van der Waals surface area contributed by atoms with Crippen LogP contribution in [0.1, 0.15) is 49.8 Å². The Balaban J connectivity index is 2.15. The maximum absolute atomic E-state index is 10.2. The van der Waals surface area contributed by atoms with Crippen molar-refractivity contribution < 1.29 is 5.11 Å². The van der Waals surface area contributed by atoms with Crippen LogP contribution in [0.25, 0.3) is 0 Å². The number of aromatic hydroxyl groups is 1. The molecule has 0 heterocycles. The average Bonchev–Trinajstić information content (AvgIpc) is 2.42. The lowest BCUT2D eigenvalue weighted by Crippen LogP contribution is -2.40. The second-order valence-corrected chi connectivity index (χ2v) is 5.80. The lowest BCUT2D eigenvalue weighted by Gasteiger charge is -2.35. The summed E-state index contributed by atoms with van der Waals surface area (Å²) in [6.07, 6.45) is 5.76. The van der Waals surface area contributed by atoms with Crippen LogP contribution in [-0.2, 0) is 12.8 Å². The van der Waals surface area contributed by atoms with Crippen LogP contribution in [0.15, 0.2) is 12.1 Å². The van der Waals surface area contributed by atoms with Gasteiger partial charge in [-0.25, -0.2) is 0 Å². The van der Waals surface area contributed by atoms with Gasteiger partial charge in [0.25, 0.3) is 0 Å². The molecule has 2 rings (SSSR count). The van der Waals surface area contributed by atoms with Gasteiger partial charge in [-0.3, -0.25) is 0 Å². The van der Waals surface area contributed by atoms with Crippen LogP contribution in [0.2, 0.25) is 0 Å². The zero-order chi connectivity index (χ0) is 13.8. The summed E-state index contributed by atoms with van der Waals surface area (Å²) in [5.41, 5.74) is 3.57. The van der Waals surface area contributed by atoms with Gasteiger partial charge in [0.05, 0.1) is 0 Å². The fourth-order valence-electron chi connectivity index (χ4n) is 3.30. The van der Waals surface area contributed by atoms with Gasteiger partial charge in [-0.2, -0.15) is 0 Å². The van der Waals surface area contributed by atoms with Crippen molar-refractivity contribution in [3.63, 3.8) is 0 Å². The van der Waals surface area contributed by atoms with E-state index in [4.69, 9.17) is 0 Å². The fraction of sp³-hybridized carbons (Fsp3) is 0.647. The number of rotatable bonds is 5. The molecule has 2 heteroatoms. The summed E-state index contributed by atoms with van der Waals surface area (Å²) in [5, 5.41) is 10.2. The van der Waals surface area contributed by atoms with Gasteiger partial charge >= 0.3 is 0 Å². The van der Waals surface area contributed by atoms with Crippen LogP contribution in [0.3, 0.4) is 0 Å². The van der Waals surface area contributed by atoms with E-state index in [-0.39, 0.29) is 0 Å². The number of hydrogen-bond acceptors (Lipinski definition) is 2. The Bertz CT molecular complexity index is 422. The first-order valence-corrected chi connectivity index (χ1v) is 7.71. The Hall–Kier alpha value is -1.02. The molecule has 1 aliphatic carbocycles. The van der Waals surface area contributed by atoms with Crippen LogP contribution in [0, 0.1) is 6.92 Å². The topological polar surface area (TPSA) is 23.5 Å². The molecule has 1 aromatic rings. The number of aryl methyl sites for hydroxylation is 1. The van der Waals surface area contributed by atoms with Crippen molar-refractivity contribution in [1.29, 1.82) is 0 Å². The third kappa shape index (κ3) is 3.11. The van der Waals surface area contributed by atoms with Crippen molar-refractivity contribution in [3.05, 3.63) is 28.8 Å². The van der Waals surface area contributed by atoms with Crippen LogP contribution in [-0.4, -0.2) is 29.1 Å². The van der Waals surface area contributed by atoms with Crippen molar-refractivity contribution in [1.82, 2.24) is 4.90 Å². The van der Waals surface area contributed by atoms with Gasteiger partial charge in [0.2, 0.25) is 0 Å². The second kappa shape index (κ2) is 6.42. The molecule has 0 spiro atoms. The molecule has 0 radical (unpaired) electrons. The lowest BCUT2D eigenvalue weighted by molar-refractivity contribution is 0.179. The average molecular weight is 261 g/mol. The lowest BCUT2D eigenvalue weighted by atomic mass is 9.85. The molecule has 0 unspecified atom stereocenters. The zero-order valence-corrected chi connectivity index (χ0v) is 12.6. The van der Waals surface area contributed by atoms with Crippen LogP contribution >= 0.6 is 0 Å². The molecule has 0 aliphatic heterocycles. The van der Waals surface area contributed by atoms with Crippen molar-refractivity contribution >= 4 is 0 Å². The molecule has 0 fully saturated rings. The minimum atomic E-state index is 0.536. The maximum Gasteiger partial charge on any atom is 0.121 e. The Kier molecular flexibility index (Phi) is 4.87. The minimum absolute atomic E-state index is 0.536. The van der Waals surface area contributed by atoms with Gasteiger partial charge in [0.1, 0.15) is 5.75 Å². The van der Waals surface area contributed by atoms with Crippen molar-refractivity contribution in [2.45, 2.75) is 58.9 Å². The van der Waals surface area contributed by atoms with Gasteiger partial charge in [-0.15, -0.1) is 0 Å². The van der Waals surface area contributed by atoms with E-state index >= 15 is 0 Å². The monoisotopic (exact) mass is 261 g/mol. The smallest absolute Gasteiger partial charge is 0.121 e. The number of phenolic OH excluding ortho intramolecular Hbond substituents is 1. The number of nitrogens with zero attached hydrogens (tertiary/aromatic N) is 1. The number of phenols is 1. The van der Waals surface area contributed by atoms with E-state index in [2.05, 4.69) is 30.9 Å². The van der Waals surface area contributed by atoms with E-state index in [1.807, 2.05) is 6.92 Å². The Morgan fingerprint density at radius 1 is 1.21 bits per heavy atom. The zero-order valence-electron chi connectivity index (χ0n) is 12.6. The summed E-state index contributed by atoms with van der Waals surface area (Å²) in [7, 11) is 0. The highest BCUT2D eigenvalue weighted by Crippen LogP contribution is 2.33. The molecule has 106 valence electrons. The second-order valence-electron chi connectivity index (χ2n) is 5.80. The molecular formula is C17H27NO. The minimum Gasteiger partial charge on any atom is -0.507 e. The highest BCUT2D eigenvalue weighted by atomic mass is 16.3. The van der Waals surface area contributed by atoms with Crippen LogP contribution < -0.4 is 0 Å². The molecule has 0 amide bonds. The van der Waals surface area contributed by atoms with Gasteiger partial charge in [0.15, 0.2) is 0 Å². The van der Waals surface area contributed by atoms with Crippen LogP contribution in [0.4, 0.5) is 0 Å². The molecule has 0 saturated carbocycles. The standard InChI is InChI=1S/C17H27NO/c1-4-10-18(11-5-2)15-8-9-16-14(12-15)7-6-13(3)17(16)19/h6-7,15,19H,4-5,8-12H2,1-3H3/t15-/m0/s1. The molecular weight excluding hydrogens is 234 g/mol. The summed E-state index contributed by atoms with van der Waals surface area (Å²) < 4.78 is 0. The molecule has 0 aromatic heterocycles. The molecule has 0 bridgehead atoms. The molecule has 1 N–H and O–H groups in total. The molecule has 1 aliphatic rings. The van der Waals surface area contributed by atoms with Crippen LogP contribution in [0.5, 0.6) is 5.75 Å². The number of hydrogen-bond donors (Lipinski definition) is 1. The van der Waals surface area contributed by atoms with E-state index in [9.17, 15) is 5.11 Å². The molecule has 19 heavy (non-hydrogen) atoms. The first-order chi connectivity index (χ1) is 9.17. The van der Waals surface area contributed by atoms with E-state index in [0.717, 1.165) is 18.4 Å². The van der Waals surface area contributed by atoms with E-state index in [1.54, 1.807) is 0 Å². The summed E-state index contributed by atoms with van der Waals surface area (Å²) in [4.78, 5) is 2.64. The van der Waals surface area contributed by atoms with Crippen molar-refractivity contribution in [2.75, 3.05) is 13.1 Å². The van der Waals surface area contributed by atoms with E-state index in [0.29, 0.717) is 11.8 Å². The number of fused-ring (bicyclic) bond motifs is 1. The summed E-state index contributed by atoms with van der Waals surface area (Å²) in [6, 6.07) is 4.93. The summed E-state index contributed by atoms with van der Waals surface area (Å²) in [5.74, 6) is 0.536. The molecule has 2 nitrogen and oxygen atoms in total. The summed E-state index contributed by atoms with van der Waals surface area (Å²) >= 11 is 0. The van der Waals surface area contributed by atoms with Gasteiger partial charge < -0.3 is 10.0 Å². The van der Waals surface area contributed by atoms with Gasteiger partial charge in [0, 0.05) is 6.04 Å². The number of benzene rings is 1. The SMILES string of the molecule is CCCN(CCC)[C@H]1CCc2c(ccc(C)c2O)C1. The molecule has 1 atom stereocenters. The van der Waals surface area contributed by atoms with E-state index < -0.39 is 0 Å². The Morgan fingerprint density at radius 2 is 1.89 bits per heavy atom. The molecule has 0 saturated heterocycles. The summed E-state index contributed by atoms with van der Waals surface area (Å²) in [6.45, 7) is 8.91. The fourth-order valence-corrected chi connectivity index (χ4v) is 3.30. The predicted molar refractivity (Wildman–Crippen MR) is 80.8 cm³/mol. The van der Waals surface area contributed by atoms with Gasteiger partial charge in [-0.05, 0) is 68.8 Å². The highest BCUT2D eigenvalue weighted by molar-refractivity contribution is 5.46. The largest absolute Gasteiger partial charge is 0.507 e. The third-order valence-electron chi connectivity index (χ3n) is 4.30. The molecule has 1 aromatic carbocycles.